The third-order valence-electron chi connectivity index (χ3n) is 3.41. The minimum atomic E-state index is -0.772. The lowest BCUT2D eigenvalue weighted by Gasteiger charge is -2.24. The van der Waals surface area contributed by atoms with Crippen molar-refractivity contribution in [2.24, 2.45) is 15.7 Å². The van der Waals surface area contributed by atoms with E-state index in [9.17, 15) is 5.11 Å². The quantitative estimate of drug-likeness (QED) is 0.802. The summed E-state index contributed by atoms with van der Waals surface area (Å²) < 4.78 is 0. The molecule has 0 aromatic heterocycles. The zero-order valence-electron chi connectivity index (χ0n) is 11.1. The highest BCUT2D eigenvalue weighted by Crippen LogP contribution is 2.20. The lowest BCUT2D eigenvalue weighted by molar-refractivity contribution is 0.129. The van der Waals surface area contributed by atoms with Crippen LogP contribution in [0.2, 0.25) is 0 Å². The highest BCUT2D eigenvalue weighted by molar-refractivity contribution is 6.41. The van der Waals surface area contributed by atoms with Gasteiger partial charge < -0.3 is 10.8 Å². The fourth-order valence-corrected chi connectivity index (χ4v) is 1.98. The van der Waals surface area contributed by atoms with Gasteiger partial charge in [-0.25, -0.2) is 0 Å². The van der Waals surface area contributed by atoms with Crippen LogP contribution in [0.5, 0.6) is 0 Å². The van der Waals surface area contributed by atoms with Gasteiger partial charge in [0.15, 0.2) is 0 Å². The molecule has 1 aliphatic rings. The minimum Gasteiger partial charge on any atom is -0.388 e. The van der Waals surface area contributed by atoms with Crippen LogP contribution in [0.15, 0.2) is 53.0 Å². The molecule has 2 rings (SSSR count). The van der Waals surface area contributed by atoms with Gasteiger partial charge in [-0.1, -0.05) is 36.4 Å². The first kappa shape index (κ1) is 13.5. The molecular formula is C15H19N3O. The van der Waals surface area contributed by atoms with E-state index in [1.54, 1.807) is 13.0 Å². The Kier molecular flexibility index (Phi) is 3.81. The first-order chi connectivity index (χ1) is 9.05. The summed E-state index contributed by atoms with van der Waals surface area (Å²) in [6.45, 7) is 5.81. The second-order valence-electron chi connectivity index (χ2n) is 4.89. The summed E-state index contributed by atoms with van der Waals surface area (Å²) in [6, 6.07) is 9.95. The van der Waals surface area contributed by atoms with E-state index < -0.39 is 11.6 Å². The van der Waals surface area contributed by atoms with Crippen molar-refractivity contribution in [3.63, 3.8) is 0 Å². The number of rotatable bonds is 3. The molecule has 0 fully saturated rings. The number of nitrogens with zero attached hydrogens (tertiary/aromatic N) is 2. The lowest BCUT2D eigenvalue weighted by Crippen LogP contribution is -2.38. The standard InChI is InChI=1S/C15H19N3O/c1-3-15(2)13(19)10-17-12(14(16)18-15)9-11-7-5-4-6-8-11/h3-8,13,19H,1,9-10H2,2H3,(H2,16,18)/t13?,15-/m1/s1. The molecule has 1 heterocycles. The smallest absolute Gasteiger partial charge is 0.141 e. The average molecular weight is 257 g/mol. The molecule has 4 heteroatoms. The summed E-state index contributed by atoms with van der Waals surface area (Å²) in [5, 5.41) is 10.1. The Hall–Kier alpha value is -1.94. The van der Waals surface area contributed by atoms with Crippen molar-refractivity contribution in [2.45, 2.75) is 25.0 Å². The van der Waals surface area contributed by atoms with E-state index in [4.69, 9.17) is 5.73 Å². The van der Waals surface area contributed by atoms with Crippen LogP contribution < -0.4 is 5.73 Å². The van der Waals surface area contributed by atoms with Crippen LogP contribution in [0, 0.1) is 0 Å². The van der Waals surface area contributed by atoms with Crippen LogP contribution in [0.4, 0.5) is 0 Å². The molecule has 0 amide bonds. The van der Waals surface area contributed by atoms with E-state index in [1.807, 2.05) is 30.3 Å². The second-order valence-corrected chi connectivity index (χ2v) is 4.89. The fraction of sp³-hybridized carbons (Fsp3) is 0.333. The van der Waals surface area contributed by atoms with Crippen LogP contribution in [0.3, 0.4) is 0 Å². The average Bonchev–Trinajstić information content (AvgIpc) is 2.52. The summed E-state index contributed by atoms with van der Waals surface area (Å²) in [5.41, 5.74) is 7.07. The summed E-state index contributed by atoms with van der Waals surface area (Å²) >= 11 is 0. The van der Waals surface area contributed by atoms with Gasteiger partial charge >= 0.3 is 0 Å². The lowest BCUT2D eigenvalue weighted by atomic mass is 9.96. The van der Waals surface area contributed by atoms with E-state index in [-0.39, 0.29) is 6.54 Å². The summed E-state index contributed by atoms with van der Waals surface area (Å²) in [4.78, 5) is 8.77. The molecule has 0 bridgehead atoms. The number of aliphatic imine (C=N–C) groups is 2. The number of aliphatic hydroxyl groups is 1. The third kappa shape index (κ3) is 2.90. The summed E-state index contributed by atoms with van der Waals surface area (Å²) in [5.74, 6) is 0.378. The van der Waals surface area contributed by atoms with Crippen LogP contribution >= 0.6 is 0 Å². The predicted molar refractivity (Wildman–Crippen MR) is 78.7 cm³/mol. The van der Waals surface area contributed by atoms with Crippen molar-refractivity contribution in [1.82, 2.24) is 0 Å². The molecule has 3 N–H and O–H groups in total. The molecule has 0 saturated heterocycles. The van der Waals surface area contributed by atoms with Crippen molar-refractivity contribution in [2.75, 3.05) is 6.54 Å². The van der Waals surface area contributed by atoms with Crippen LogP contribution in [-0.2, 0) is 6.42 Å². The predicted octanol–water partition coefficient (Wildman–Crippen LogP) is 1.35. The Balaban J connectivity index is 2.27. The topological polar surface area (TPSA) is 71.0 Å². The highest BCUT2D eigenvalue weighted by Gasteiger charge is 2.32. The molecule has 1 unspecified atom stereocenters. The maximum atomic E-state index is 10.1. The molecule has 100 valence electrons. The van der Waals surface area contributed by atoms with Crippen LogP contribution in [-0.4, -0.2) is 34.8 Å². The van der Waals surface area contributed by atoms with Gasteiger partial charge in [-0.15, -0.1) is 6.58 Å². The molecule has 4 nitrogen and oxygen atoms in total. The van der Waals surface area contributed by atoms with Crippen LogP contribution in [0.1, 0.15) is 12.5 Å². The molecule has 1 aliphatic heterocycles. The third-order valence-corrected chi connectivity index (χ3v) is 3.41. The van der Waals surface area contributed by atoms with Crippen LogP contribution in [0.25, 0.3) is 0 Å². The molecule has 1 aromatic rings. The Morgan fingerprint density at radius 1 is 1.47 bits per heavy atom. The number of hydrogen-bond acceptors (Lipinski definition) is 4. The molecular weight excluding hydrogens is 238 g/mol. The van der Waals surface area contributed by atoms with Gasteiger partial charge in [0.05, 0.1) is 12.3 Å². The number of nitrogens with two attached hydrogens (primary N) is 1. The maximum Gasteiger partial charge on any atom is 0.141 e. The van der Waals surface area contributed by atoms with E-state index in [2.05, 4.69) is 16.6 Å². The van der Waals surface area contributed by atoms with Gasteiger partial charge in [0.25, 0.3) is 0 Å². The molecule has 0 spiro atoms. The molecule has 0 saturated carbocycles. The number of aliphatic hydroxyl groups excluding tert-OH is 1. The summed E-state index contributed by atoms with van der Waals surface area (Å²) in [7, 11) is 0. The van der Waals surface area contributed by atoms with E-state index >= 15 is 0 Å². The number of amidine groups is 1. The Bertz CT molecular complexity index is 521. The van der Waals surface area contributed by atoms with Gasteiger partial charge in [-0.05, 0) is 12.5 Å². The number of hydrogen-bond donors (Lipinski definition) is 2. The van der Waals surface area contributed by atoms with E-state index in [1.165, 1.54) is 0 Å². The molecule has 19 heavy (non-hydrogen) atoms. The SMILES string of the molecule is C=C[C@@]1(C)N=C(N)C(Cc2ccccc2)=NCC1O. The highest BCUT2D eigenvalue weighted by atomic mass is 16.3. The van der Waals surface area contributed by atoms with Crippen molar-refractivity contribution < 1.29 is 5.11 Å². The van der Waals surface area contributed by atoms with Crippen molar-refractivity contribution in [3.05, 3.63) is 48.6 Å². The zero-order chi connectivity index (χ0) is 13.9. The van der Waals surface area contributed by atoms with Crippen molar-refractivity contribution >= 4 is 11.5 Å². The molecule has 0 aliphatic carbocycles. The largest absolute Gasteiger partial charge is 0.388 e. The van der Waals surface area contributed by atoms with Crippen molar-refractivity contribution in [1.29, 1.82) is 0 Å². The summed E-state index contributed by atoms with van der Waals surface area (Å²) in [6.07, 6.45) is 1.54. The van der Waals surface area contributed by atoms with E-state index in [0.29, 0.717) is 12.3 Å². The van der Waals surface area contributed by atoms with Crippen molar-refractivity contribution in [3.8, 4) is 0 Å². The first-order valence-electron chi connectivity index (χ1n) is 6.30. The Morgan fingerprint density at radius 3 is 2.79 bits per heavy atom. The zero-order valence-corrected chi connectivity index (χ0v) is 11.1. The van der Waals surface area contributed by atoms with Gasteiger partial charge in [-0.3, -0.25) is 9.98 Å². The van der Waals surface area contributed by atoms with Gasteiger partial charge in [0.2, 0.25) is 0 Å². The monoisotopic (exact) mass is 257 g/mol. The molecule has 0 radical (unpaired) electrons. The maximum absolute atomic E-state index is 10.1. The first-order valence-corrected chi connectivity index (χ1v) is 6.30. The molecule has 2 atom stereocenters. The molecule has 1 aromatic carbocycles. The van der Waals surface area contributed by atoms with E-state index in [0.717, 1.165) is 11.3 Å². The fourth-order valence-electron chi connectivity index (χ4n) is 1.98. The minimum absolute atomic E-state index is 0.287. The Morgan fingerprint density at radius 2 is 2.16 bits per heavy atom. The normalized spacial score (nSPS) is 27.2. The van der Waals surface area contributed by atoms with Gasteiger partial charge in [0, 0.05) is 6.42 Å². The Labute approximate surface area is 113 Å². The van der Waals surface area contributed by atoms with Gasteiger partial charge in [0.1, 0.15) is 17.5 Å². The number of benzene rings is 1. The van der Waals surface area contributed by atoms with Gasteiger partial charge in [-0.2, -0.15) is 0 Å². The second kappa shape index (κ2) is 5.36.